The van der Waals surface area contributed by atoms with E-state index in [1.54, 1.807) is 6.08 Å². The zero-order valence-corrected chi connectivity index (χ0v) is 9.45. The lowest BCUT2D eigenvalue weighted by atomic mass is 9.97. The summed E-state index contributed by atoms with van der Waals surface area (Å²) in [6, 6.07) is 0. The normalized spacial score (nSPS) is 12.0. The Morgan fingerprint density at radius 3 is 2.33 bits per heavy atom. The van der Waals surface area contributed by atoms with E-state index in [0.717, 1.165) is 25.7 Å². The third-order valence-electron chi connectivity index (χ3n) is 2.51. The van der Waals surface area contributed by atoms with Crippen LogP contribution in [-0.4, -0.2) is 11.1 Å². The summed E-state index contributed by atoms with van der Waals surface area (Å²) in [6.07, 6.45) is 10.5. The van der Waals surface area contributed by atoms with Gasteiger partial charge in [0.05, 0.1) is 5.92 Å². The topological polar surface area (TPSA) is 37.3 Å². The average molecular weight is 210 g/mol. The summed E-state index contributed by atoms with van der Waals surface area (Å²) in [5.74, 6) is -0.928. The van der Waals surface area contributed by atoms with Gasteiger partial charge in [0.2, 0.25) is 0 Å². The van der Waals surface area contributed by atoms with Crippen LogP contribution in [0.4, 0.5) is 0 Å². The molecule has 0 rings (SSSR count). The fourth-order valence-electron chi connectivity index (χ4n) is 1.58. The molecule has 1 N–H and O–H groups in total. The molecule has 0 amide bonds. The molecule has 1 atom stereocenters. The van der Waals surface area contributed by atoms with E-state index in [1.165, 1.54) is 12.8 Å². The standard InChI is InChI=1S/C13H22O2/c1-3-5-6-7-8-9-11-12(10-4-2)13(14)15/h3-4,12H,1-2,5-11H2,(H,14,15). The molecule has 0 aromatic carbocycles. The van der Waals surface area contributed by atoms with Gasteiger partial charge in [-0.15, -0.1) is 13.2 Å². The van der Waals surface area contributed by atoms with Crippen molar-refractivity contribution >= 4 is 5.97 Å². The van der Waals surface area contributed by atoms with E-state index in [1.807, 2.05) is 6.08 Å². The molecule has 0 heterocycles. The van der Waals surface area contributed by atoms with Gasteiger partial charge in [-0.2, -0.15) is 0 Å². The molecule has 2 heteroatoms. The molecule has 0 bridgehead atoms. The lowest BCUT2D eigenvalue weighted by molar-refractivity contribution is -0.141. The van der Waals surface area contributed by atoms with Crippen molar-refractivity contribution in [3.8, 4) is 0 Å². The van der Waals surface area contributed by atoms with E-state index in [0.29, 0.717) is 6.42 Å². The Hall–Kier alpha value is -1.05. The second-order valence-electron chi connectivity index (χ2n) is 3.84. The molecule has 0 radical (unpaired) electrons. The monoisotopic (exact) mass is 210 g/mol. The molecule has 15 heavy (non-hydrogen) atoms. The van der Waals surface area contributed by atoms with E-state index < -0.39 is 5.97 Å². The van der Waals surface area contributed by atoms with Crippen LogP contribution in [0.15, 0.2) is 25.3 Å². The molecule has 86 valence electrons. The van der Waals surface area contributed by atoms with Crippen molar-refractivity contribution in [1.82, 2.24) is 0 Å². The van der Waals surface area contributed by atoms with E-state index in [9.17, 15) is 4.79 Å². The quantitative estimate of drug-likeness (QED) is 0.440. The fourth-order valence-corrected chi connectivity index (χ4v) is 1.58. The lowest BCUT2D eigenvalue weighted by Gasteiger charge is -2.08. The molecule has 1 unspecified atom stereocenters. The third kappa shape index (κ3) is 7.98. The Balaban J connectivity index is 3.49. The lowest BCUT2D eigenvalue weighted by Crippen LogP contribution is -2.12. The van der Waals surface area contributed by atoms with Crippen molar-refractivity contribution in [3.63, 3.8) is 0 Å². The summed E-state index contributed by atoms with van der Waals surface area (Å²) in [5.41, 5.74) is 0. The van der Waals surface area contributed by atoms with Gasteiger partial charge >= 0.3 is 5.97 Å². The van der Waals surface area contributed by atoms with Gasteiger partial charge < -0.3 is 5.11 Å². The van der Waals surface area contributed by atoms with E-state index in [-0.39, 0.29) is 5.92 Å². The van der Waals surface area contributed by atoms with Crippen LogP contribution in [0.25, 0.3) is 0 Å². The number of carbonyl (C=O) groups is 1. The maximum Gasteiger partial charge on any atom is 0.306 e. The SMILES string of the molecule is C=CCCCCCCC(CC=C)C(=O)O. The summed E-state index contributed by atoms with van der Waals surface area (Å²) in [7, 11) is 0. The second-order valence-corrected chi connectivity index (χ2v) is 3.84. The summed E-state index contributed by atoms with van der Waals surface area (Å²) in [5, 5.41) is 8.88. The first-order valence-electron chi connectivity index (χ1n) is 5.67. The average Bonchev–Trinajstić information content (AvgIpc) is 2.21. The Morgan fingerprint density at radius 1 is 1.13 bits per heavy atom. The molecule has 0 aliphatic carbocycles. The molecule has 0 aromatic rings. The summed E-state index contributed by atoms with van der Waals surface area (Å²) >= 11 is 0. The first-order chi connectivity index (χ1) is 7.22. The molecule has 0 aliphatic rings. The molecule has 0 aromatic heterocycles. The minimum Gasteiger partial charge on any atom is -0.481 e. The van der Waals surface area contributed by atoms with Crippen molar-refractivity contribution in [3.05, 3.63) is 25.3 Å². The Bertz CT molecular complexity index is 197. The summed E-state index contributed by atoms with van der Waals surface area (Å²) in [6.45, 7) is 7.24. The second kappa shape index (κ2) is 9.50. The number of hydrogen-bond acceptors (Lipinski definition) is 1. The smallest absolute Gasteiger partial charge is 0.306 e. The van der Waals surface area contributed by atoms with E-state index in [2.05, 4.69) is 13.2 Å². The molecule has 2 nitrogen and oxygen atoms in total. The van der Waals surface area contributed by atoms with Gasteiger partial charge in [-0.05, 0) is 25.7 Å². The Kier molecular flexibility index (Phi) is 8.84. The van der Waals surface area contributed by atoms with Crippen LogP contribution in [0.2, 0.25) is 0 Å². The fraction of sp³-hybridized carbons (Fsp3) is 0.615. The van der Waals surface area contributed by atoms with Gasteiger partial charge in [-0.3, -0.25) is 4.79 Å². The Labute approximate surface area is 92.7 Å². The van der Waals surface area contributed by atoms with Crippen molar-refractivity contribution in [2.75, 3.05) is 0 Å². The third-order valence-corrected chi connectivity index (χ3v) is 2.51. The zero-order chi connectivity index (χ0) is 11.5. The molecule has 0 saturated carbocycles. The number of hydrogen-bond donors (Lipinski definition) is 1. The predicted molar refractivity (Wildman–Crippen MR) is 63.8 cm³/mol. The molecule has 0 saturated heterocycles. The highest BCUT2D eigenvalue weighted by molar-refractivity contribution is 5.70. The van der Waals surface area contributed by atoms with Crippen LogP contribution < -0.4 is 0 Å². The predicted octanol–water partition coefficient (Wildman–Crippen LogP) is 3.79. The maximum absolute atomic E-state index is 10.8. The van der Waals surface area contributed by atoms with Crippen LogP contribution in [0.3, 0.4) is 0 Å². The van der Waals surface area contributed by atoms with Crippen molar-refractivity contribution in [2.45, 2.75) is 44.9 Å². The van der Waals surface area contributed by atoms with E-state index in [4.69, 9.17) is 5.11 Å². The zero-order valence-electron chi connectivity index (χ0n) is 9.45. The number of allylic oxidation sites excluding steroid dienone is 2. The number of rotatable bonds is 10. The van der Waals surface area contributed by atoms with Gasteiger partial charge in [0, 0.05) is 0 Å². The van der Waals surface area contributed by atoms with E-state index >= 15 is 0 Å². The molecule has 0 aliphatic heterocycles. The van der Waals surface area contributed by atoms with Gasteiger partial charge in [0.15, 0.2) is 0 Å². The highest BCUT2D eigenvalue weighted by atomic mass is 16.4. The van der Waals surface area contributed by atoms with Crippen LogP contribution in [0.5, 0.6) is 0 Å². The summed E-state index contributed by atoms with van der Waals surface area (Å²) in [4.78, 5) is 10.8. The summed E-state index contributed by atoms with van der Waals surface area (Å²) < 4.78 is 0. The number of aliphatic carboxylic acids is 1. The van der Waals surface area contributed by atoms with Crippen molar-refractivity contribution in [2.24, 2.45) is 5.92 Å². The van der Waals surface area contributed by atoms with Gasteiger partial charge in [-0.1, -0.05) is 31.4 Å². The molecular formula is C13H22O2. The minimum atomic E-state index is -0.694. The van der Waals surface area contributed by atoms with Gasteiger partial charge in [0.1, 0.15) is 0 Å². The van der Waals surface area contributed by atoms with Crippen LogP contribution >= 0.6 is 0 Å². The van der Waals surface area contributed by atoms with Crippen LogP contribution in [0.1, 0.15) is 44.9 Å². The maximum atomic E-state index is 10.8. The minimum absolute atomic E-state index is 0.234. The van der Waals surface area contributed by atoms with Crippen molar-refractivity contribution < 1.29 is 9.90 Å². The highest BCUT2D eigenvalue weighted by Gasteiger charge is 2.14. The van der Waals surface area contributed by atoms with Gasteiger partial charge in [-0.25, -0.2) is 0 Å². The first kappa shape index (κ1) is 13.9. The number of carboxylic acids is 1. The van der Waals surface area contributed by atoms with Gasteiger partial charge in [0.25, 0.3) is 0 Å². The molecule has 0 spiro atoms. The van der Waals surface area contributed by atoms with Crippen LogP contribution in [-0.2, 0) is 4.79 Å². The first-order valence-corrected chi connectivity index (χ1v) is 5.67. The number of unbranched alkanes of at least 4 members (excludes halogenated alkanes) is 4. The largest absolute Gasteiger partial charge is 0.481 e. The van der Waals surface area contributed by atoms with Crippen LogP contribution in [0, 0.1) is 5.92 Å². The molecule has 0 fully saturated rings. The highest BCUT2D eigenvalue weighted by Crippen LogP contribution is 2.15. The Morgan fingerprint density at radius 2 is 1.80 bits per heavy atom. The number of carboxylic acid groups (broad SMARTS) is 1. The van der Waals surface area contributed by atoms with Crippen molar-refractivity contribution in [1.29, 1.82) is 0 Å². The molecular weight excluding hydrogens is 188 g/mol.